The van der Waals surface area contributed by atoms with Crippen LogP contribution in [0.1, 0.15) is 0 Å². The van der Waals surface area contributed by atoms with Crippen molar-refractivity contribution < 1.29 is 9.13 Å². The molecule has 4 heteroatoms. The minimum Gasteiger partial charge on any atom is -0.463 e. The zero-order valence-corrected chi connectivity index (χ0v) is 8.47. The van der Waals surface area contributed by atoms with Crippen molar-refractivity contribution in [3.63, 3.8) is 0 Å². The molecule has 16 heavy (non-hydrogen) atoms. The van der Waals surface area contributed by atoms with E-state index in [1.165, 1.54) is 10.6 Å². The Morgan fingerprint density at radius 2 is 1.88 bits per heavy atom. The Morgan fingerprint density at radius 3 is 2.50 bits per heavy atom. The van der Waals surface area contributed by atoms with Crippen molar-refractivity contribution in [3.05, 3.63) is 59.0 Å². The number of halogens is 1. The van der Waals surface area contributed by atoms with E-state index < -0.39 is 6.86 Å². The molecule has 82 valence electrons. The molecule has 0 aliphatic rings. The van der Waals surface area contributed by atoms with Gasteiger partial charge in [-0.3, -0.25) is 9.36 Å². The van der Waals surface area contributed by atoms with Crippen LogP contribution in [-0.2, 0) is 0 Å². The third-order valence-corrected chi connectivity index (χ3v) is 2.16. The van der Waals surface area contributed by atoms with Gasteiger partial charge in [-0.2, -0.15) is 0 Å². The molecule has 0 radical (unpaired) electrons. The molecular formula is C12H10FNO2. The van der Waals surface area contributed by atoms with Crippen molar-refractivity contribution in [2.75, 3.05) is 6.86 Å². The Kier molecular flexibility index (Phi) is 3.00. The fraction of sp³-hybridized carbons (Fsp3) is 0.0833. The highest BCUT2D eigenvalue weighted by Crippen LogP contribution is 2.13. The van der Waals surface area contributed by atoms with Crippen molar-refractivity contribution >= 4 is 0 Å². The SMILES string of the molecule is O=c1ccccn1-c1ccc(OCF)cc1. The topological polar surface area (TPSA) is 31.2 Å². The monoisotopic (exact) mass is 219 g/mol. The maximum absolute atomic E-state index is 11.9. The van der Waals surface area contributed by atoms with Crippen molar-refractivity contribution in [2.24, 2.45) is 0 Å². The summed E-state index contributed by atoms with van der Waals surface area (Å²) in [4.78, 5) is 11.5. The first-order chi connectivity index (χ1) is 7.81. The highest BCUT2D eigenvalue weighted by Gasteiger charge is 1.98. The minimum atomic E-state index is -0.857. The van der Waals surface area contributed by atoms with Gasteiger partial charge < -0.3 is 4.74 Å². The molecule has 0 amide bonds. The van der Waals surface area contributed by atoms with Gasteiger partial charge in [-0.1, -0.05) is 6.07 Å². The summed E-state index contributed by atoms with van der Waals surface area (Å²) in [5.74, 6) is 0.440. The standard InChI is InChI=1S/C12H10FNO2/c13-9-16-11-6-4-10(5-7-11)14-8-2-1-3-12(14)15/h1-8H,9H2. The van der Waals surface area contributed by atoms with Crippen LogP contribution in [0.5, 0.6) is 5.75 Å². The number of alkyl halides is 1. The van der Waals surface area contributed by atoms with Crippen molar-refractivity contribution in [1.29, 1.82) is 0 Å². The molecular weight excluding hydrogens is 209 g/mol. The van der Waals surface area contributed by atoms with E-state index in [0.717, 1.165) is 5.69 Å². The molecule has 0 unspecified atom stereocenters. The largest absolute Gasteiger partial charge is 0.463 e. The lowest BCUT2D eigenvalue weighted by Crippen LogP contribution is -2.15. The molecule has 0 fully saturated rings. The zero-order chi connectivity index (χ0) is 11.4. The highest BCUT2D eigenvalue weighted by atomic mass is 19.1. The smallest absolute Gasteiger partial charge is 0.255 e. The number of hydrogen-bond acceptors (Lipinski definition) is 2. The summed E-state index contributed by atoms with van der Waals surface area (Å²) >= 11 is 0. The van der Waals surface area contributed by atoms with E-state index in [-0.39, 0.29) is 5.56 Å². The Morgan fingerprint density at radius 1 is 1.12 bits per heavy atom. The van der Waals surface area contributed by atoms with E-state index in [4.69, 9.17) is 0 Å². The molecule has 2 aromatic rings. The molecule has 0 spiro atoms. The average Bonchev–Trinajstić information content (AvgIpc) is 2.31. The van der Waals surface area contributed by atoms with Crippen LogP contribution in [-0.4, -0.2) is 11.4 Å². The van der Waals surface area contributed by atoms with Crippen LogP contribution in [0.15, 0.2) is 53.5 Å². The lowest BCUT2D eigenvalue weighted by molar-refractivity contribution is 0.192. The predicted octanol–water partition coefficient (Wildman–Crippen LogP) is 2.14. The first kappa shape index (κ1) is 10.4. The van der Waals surface area contributed by atoms with Crippen LogP contribution in [0.25, 0.3) is 5.69 Å². The Bertz CT molecular complexity index is 519. The summed E-state index contributed by atoms with van der Waals surface area (Å²) in [6.45, 7) is -0.857. The van der Waals surface area contributed by atoms with E-state index in [9.17, 15) is 9.18 Å². The molecule has 1 heterocycles. The zero-order valence-electron chi connectivity index (χ0n) is 8.47. The maximum Gasteiger partial charge on any atom is 0.255 e. The molecule has 0 saturated heterocycles. The van der Waals surface area contributed by atoms with E-state index in [1.807, 2.05) is 0 Å². The summed E-state index contributed by atoms with van der Waals surface area (Å²) in [7, 11) is 0. The van der Waals surface area contributed by atoms with Crippen molar-refractivity contribution in [2.45, 2.75) is 0 Å². The molecule has 0 bridgehead atoms. The van der Waals surface area contributed by atoms with Gasteiger partial charge in [-0.05, 0) is 30.3 Å². The Labute approximate surface area is 91.7 Å². The molecule has 0 N–H and O–H groups in total. The second-order valence-electron chi connectivity index (χ2n) is 3.16. The fourth-order valence-electron chi connectivity index (χ4n) is 1.41. The van der Waals surface area contributed by atoms with E-state index in [1.54, 1.807) is 42.6 Å². The van der Waals surface area contributed by atoms with Gasteiger partial charge in [-0.15, -0.1) is 0 Å². The number of nitrogens with zero attached hydrogens (tertiary/aromatic N) is 1. The number of ether oxygens (including phenoxy) is 1. The van der Waals surface area contributed by atoms with Crippen LogP contribution < -0.4 is 10.3 Å². The van der Waals surface area contributed by atoms with E-state index in [0.29, 0.717) is 5.75 Å². The van der Waals surface area contributed by atoms with Crippen molar-refractivity contribution in [3.8, 4) is 11.4 Å². The fourth-order valence-corrected chi connectivity index (χ4v) is 1.41. The lowest BCUT2D eigenvalue weighted by Gasteiger charge is -2.06. The van der Waals surface area contributed by atoms with Crippen LogP contribution in [0.2, 0.25) is 0 Å². The number of rotatable bonds is 3. The minimum absolute atomic E-state index is 0.110. The quantitative estimate of drug-likeness (QED) is 0.792. The van der Waals surface area contributed by atoms with Crippen LogP contribution >= 0.6 is 0 Å². The second kappa shape index (κ2) is 4.61. The lowest BCUT2D eigenvalue weighted by atomic mass is 10.3. The number of benzene rings is 1. The molecule has 0 aliphatic carbocycles. The van der Waals surface area contributed by atoms with Gasteiger partial charge in [0.1, 0.15) is 5.75 Å². The van der Waals surface area contributed by atoms with Gasteiger partial charge in [0.2, 0.25) is 6.86 Å². The van der Waals surface area contributed by atoms with Crippen LogP contribution in [0.4, 0.5) is 4.39 Å². The van der Waals surface area contributed by atoms with Crippen LogP contribution in [0, 0.1) is 0 Å². The van der Waals surface area contributed by atoms with Gasteiger partial charge in [0.25, 0.3) is 5.56 Å². The molecule has 0 aliphatic heterocycles. The third-order valence-electron chi connectivity index (χ3n) is 2.16. The number of pyridine rings is 1. The summed E-state index contributed by atoms with van der Waals surface area (Å²) in [6, 6.07) is 11.6. The van der Waals surface area contributed by atoms with Gasteiger partial charge >= 0.3 is 0 Å². The third kappa shape index (κ3) is 2.11. The van der Waals surface area contributed by atoms with Gasteiger partial charge in [0.05, 0.1) is 0 Å². The molecule has 0 atom stereocenters. The van der Waals surface area contributed by atoms with Crippen LogP contribution in [0.3, 0.4) is 0 Å². The average molecular weight is 219 g/mol. The Hall–Kier alpha value is -2.10. The van der Waals surface area contributed by atoms with Gasteiger partial charge in [0.15, 0.2) is 0 Å². The summed E-state index contributed by atoms with van der Waals surface area (Å²) in [6.07, 6.45) is 1.67. The van der Waals surface area contributed by atoms with E-state index >= 15 is 0 Å². The highest BCUT2D eigenvalue weighted by molar-refractivity contribution is 5.37. The normalized spacial score (nSPS) is 10.1. The van der Waals surface area contributed by atoms with Gasteiger partial charge in [-0.25, -0.2) is 4.39 Å². The number of hydrogen-bond donors (Lipinski definition) is 0. The molecule has 3 nitrogen and oxygen atoms in total. The van der Waals surface area contributed by atoms with Gasteiger partial charge in [0, 0.05) is 18.0 Å². The first-order valence-electron chi connectivity index (χ1n) is 4.78. The maximum atomic E-state index is 11.9. The molecule has 1 aromatic heterocycles. The predicted molar refractivity (Wildman–Crippen MR) is 58.6 cm³/mol. The van der Waals surface area contributed by atoms with E-state index in [2.05, 4.69) is 4.74 Å². The van der Waals surface area contributed by atoms with Crippen molar-refractivity contribution in [1.82, 2.24) is 4.57 Å². The second-order valence-corrected chi connectivity index (χ2v) is 3.16. The number of aromatic nitrogens is 1. The summed E-state index contributed by atoms with van der Waals surface area (Å²) < 4.78 is 18.1. The Balaban J connectivity index is 2.35. The summed E-state index contributed by atoms with van der Waals surface area (Å²) in [5, 5.41) is 0. The molecule has 1 aromatic carbocycles. The first-order valence-corrected chi connectivity index (χ1v) is 4.78. The summed E-state index contributed by atoms with van der Waals surface area (Å²) in [5.41, 5.74) is 0.610. The molecule has 2 rings (SSSR count). The molecule has 0 saturated carbocycles.